The molecule has 2 aromatic rings. The number of benzene rings is 2. The molecule has 0 aliphatic carbocycles. The van der Waals surface area contributed by atoms with Gasteiger partial charge in [-0.05, 0) is 22.9 Å². The fourth-order valence-corrected chi connectivity index (χ4v) is 1.48. The van der Waals surface area contributed by atoms with Gasteiger partial charge in [0.05, 0.1) is 13.1 Å². The molecule has 1 amide bonds. The number of carbonyl (C=O) groups excluding carboxylic acids is 1. The quantitative estimate of drug-likeness (QED) is 0.659. The Labute approximate surface area is 116 Å². The van der Waals surface area contributed by atoms with Crippen LogP contribution in [0.3, 0.4) is 0 Å². The highest BCUT2D eigenvalue weighted by Gasteiger charge is 1.99. The summed E-state index contributed by atoms with van der Waals surface area (Å²) in [7, 11) is 0. The average molecular weight is 275 g/mol. The van der Waals surface area contributed by atoms with Crippen LogP contribution in [0.5, 0.6) is 0 Å². The lowest BCUT2D eigenvalue weighted by Gasteiger charge is -2.04. The van der Waals surface area contributed by atoms with Crippen molar-refractivity contribution in [3.63, 3.8) is 0 Å². The number of amides is 1. The third kappa shape index (κ3) is 5.05. The molecule has 6 nitrogen and oxygen atoms in total. The second-order valence-corrected chi connectivity index (χ2v) is 3.91. The first kappa shape index (κ1) is 15.6. The summed E-state index contributed by atoms with van der Waals surface area (Å²) in [4.78, 5) is 20.3. The van der Waals surface area contributed by atoms with Gasteiger partial charge in [0.2, 0.25) is 5.91 Å². The Morgan fingerprint density at radius 3 is 2.15 bits per heavy atom. The summed E-state index contributed by atoms with van der Waals surface area (Å²) in [6.07, 6.45) is 0. The Morgan fingerprint density at radius 1 is 1.00 bits per heavy atom. The summed E-state index contributed by atoms with van der Waals surface area (Å²) in [5.74, 6) is -1.14. The van der Waals surface area contributed by atoms with Crippen LogP contribution >= 0.6 is 0 Å². The van der Waals surface area contributed by atoms with E-state index in [9.17, 15) is 9.59 Å². The van der Waals surface area contributed by atoms with Crippen LogP contribution in [0.1, 0.15) is 0 Å². The van der Waals surface area contributed by atoms with Crippen LogP contribution in [0.15, 0.2) is 42.5 Å². The van der Waals surface area contributed by atoms with Crippen LogP contribution in [0.25, 0.3) is 10.8 Å². The van der Waals surface area contributed by atoms with Crippen LogP contribution in [-0.2, 0) is 9.59 Å². The molecule has 0 saturated carbocycles. The zero-order chi connectivity index (χ0) is 15.0. The maximum atomic E-state index is 11.1. The Bertz CT molecular complexity index is 599. The Kier molecular flexibility index (Phi) is 6.15. The molecule has 0 radical (unpaired) electrons. The minimum atomic E-state index is -0.968. The van der Waals surface area contributed by atoms with E-state index in [-0.39, 0.29) is 19.0 Å². The molecule has 0 aromatic heterocycles. The number of fused-ring (bicyclic) bond motifs is 1. The van der Waals surface area contributed by atoms with E-state index in [1.165, 1.54) is 0 Å². The van der Waals surface area contributed by atoms with Crippen LogP contribution in [0.2, 0.25) is 0 Å². The molecule has 106 valence electrons. The number of rotatable bonds is 3. The number of aliphatic carboxylic acids is 1. The third-order valence-electron chi connectivity index (χ3n) is 2.39. The van der Waals surface area contributed by atoms with E-state index in [4.69, 9.17) is 10.8 Å². The SMILES string of the molecule is NCC(=O)Nc1ccc2ccccc2c1.NCC(=O)O. The smallest absolute Gasteiger partial charge is 0.317 e. The standard InChI is InChI=1S/C12H12N2O.C2H5NO2/c13-8-12(15)14-11-6-5-9-3-1-2-4-10(9)7-11;3-1-2(4)5/h1-7H,8,13H2,(H,14,15);1,3H2,(H,4,5). The molecule has 0 heterocycles. The largest absolute Gasteiger partial charge is 0.480 e. The lowest BCUT2D eigenvalue weighted by atomic mass is 10.1. The minimum absolute atomic E-state index is 0.00677. The number of nitrogens with one attached hydrogen (secondary N) is 1. The molecule has 0 bridgehead atoms. The number of anilines is 1. The van der Waals surface area contributed by atoms with Crippen molar-refractivity contribution >= 4 is 28.3 Å². The molecule has 0 atom stereocenters. The van der Waals surface area contributed by atoms with Gasteiger partial charge in [-0.25, -0.2) is 0 Å². The van der Waals surface area contributed by atoms with Gasteiger partial charge >= 0.3 is 5.97 Å². The fourth-order valence-electron chi connectivity index (χ4n) is 1.48. The molecular formula is C14H17N3O3. The molecule has 0 spiro atoms. The molecule has 2 aromatic carbocycles. The number of nitrogens with two attached hydrogens (primary N) is 2. The van der Waals surface area contributed by atoms with Crippen molar-refractivity contribution in [1.29, 1.82) is 0 Å². The van der Waals surface area contributed by atoms with E-state index in [2.05, 4.69) is 11.1 Å². The van der Waals surface area contributed by atoms with Gasteiger partial charge in [0.25, 0.3) is 0 Å². The maximum absolute atomic E-state index is 11.1. The Balaban J connectivity index is 0.000000347. The lowest BCUT2D eigenvalue weighted by molar-refractivity contribution is -0.135. The molecule has 0 saturated heterocycles. The predicted molar refractivity (Wildman–Crippen MR) is 78.3 cm³/mol. The van der Waals surface area contributed by atoms with Gasteiger partial charge in [0.1, 0.15) is 0 Å². The third-order valence-corrected chi connectivity index (χ3v) is 2.39. The normalized spacial score (nSPS) is 9.50. The highest BCUT2D eigenvalue weighted by Crippen LogP contribution is 2.18. The summed E-state index contributed by atoms with van der Waals surface area (Å²) in [6.45, 7) is -0.271. The number of carboxylic acid groups (broad SMARTS) is 1. The molecule has 20 heavy (non-hydrogen) atoms. The van der Waals surface area contributed by atoms with E-state index < -0.39 is 5.97 Å². The van der Waals surface area contributed by atoms with Crippen molar-refractivity contribution in [2.75, 3.05) is 18.4 Å². The van der Waals surface area contributed by atoms with E-state index >= 15 is 0 Å². The minimum Gasteiger partial charge on any atom is -0.480 e. The van der Waals surface area contributed by atoms with Crippen molar-refractivity contribution < 1.29 is 14.7 Å². The van der Waals surface area contributed by atoms with E-state index in [1.54, 1.807) is 0 Å². The van der Waals surface area contributed by atoms with Crippen molar-refractivity contribution in [3.05, 3.63) is 42.5 Å². The zero-order valence-electron chi connectivity index (χ0n) is 10.9. The molecular weight excluding hydrogens is 258 g/mol. The van der Waals surface area contributed by atoms with Gasteiger partial charge in [-0.15, -0.1) is 0 Å². The topological polar surface area (TPSA) is 118 Å². The van der Waals surface area contributed by atoms with Crippen LogP contribution < -0.4 is 16.8 Å². The number of carboxylic acids is 1. The van der Waals surface area contributed by atoms with E-state index in [0.29, 0.717) is 0 Å². The molecule has 6 heteroatoms. The first-order valence-electron chi connectivity index (χ1n) is 5.97. The van der Waals surface area contributed by atoms with Crippen molar-refractivity contribution in [2.24, 2.45) is 11.5 Å². The number of hydrogen-bond acceptors (Lipinski definition) is 4. The number of carbonyl (C=O) groups is 2. The van der Waals surface area contributed by atoms with Gasteiger partial charge < -0.3 is 21.9 Å². The summed E-state index contributed by atoms with van der Waals surface area (Å²) < 4.78 is 0. The molecule has 0 unspecified atom stereocenters. The Hall–Kier alpha value is -2.44. The first-order valence-corrected chi connectivity index (χ1v) is 5.97. The van der Waals surface area contributed by atoms with Crippen molar-refractivity contribution in [3.8, 4) is 0 Å². The molecule has 0 fully saturated rings. The second kappa shape index (κ2) is 7.88. The second-order valence-electron chi connectivity index (χ2n) is 3.91. The van der Waals surface area contributed by atoms with E-state index in [1.807, 2.05) is 42.5 Å². The van der Waals surface area contributed by atoms with E-state index in [0.717, 1.165) is 16.5 Å². The molecule has 2 rings (SSSR count). The Morgan fingerprint density at radius 2 is 1.60 bits per heavy atom. The molecule has 0 aliphatic rings. The van der Waals surface area contributed by atoms with Gasteiger partial charge in [-0.1, -0.05) is 30.3 Å². The van der Waals surface area contributed by atoms with Crippen LogP contribution in [0.4, 0.5) is 5.69 Å². The van der Waals surface area contributed by atoms with Gasteiger partial charge in [0, 0.05) is 5.69 Å². The zero-order valence-corrected chi connectivity index (χ0v) is 10.9. The van der Waals surface area contributed by atoms with Crippen LogP contribution in [0, 0.1) is 0 Å². The average Bonchev–Trinajstić information content (AvgIpc) is 2.47. The summed E-state index contributed by atoms with van der Waals surface area (Å²) >= 11 is 0. The monoisotopic (exact) mass is 275 g/mol. The van der Waals surface area contributed by atoms with Gasteiger partial charge in [-0.2, -0.15) is 0 Å². The molecule has 6 N–H and O–H groups in total. The lowest BCUT2D eigenvalue weighted by Crippen LogP contribution is -2.21. The van der Waals surface area contributed by atoms with Crippen molar-refractivity contribution in [2.45, 2.75) is 0 Å². The van der Waals surface area contributed by atoms with Crippen LogP contribution in [-0.4, -0.2) is 30.1 Å². The summed E-state index contributed by atoms with van der Waals surface area (Å²) in [5, 5.41) is 12.6. The fraction of sp³-hybridized carbons (Fsp3) is 0.143. The highest BCUT2D eigenvalue weighted by molar-refractivity contribution is 5.95. The first-order chi connectivity index (χ1) is 9.56. The predicted octanol–water partition coefficient (Wildman–Crippen LogP) is 0.767. The summed E-state index contributed by atoms with van der Waals surface area (Å²) in [6, 6.07) is 13.8. The number of hydrogen-bond donors (Lipinski definition) is 4. The summed E-state index contributed by atoms with van der Waals surface area (Å²) in [5.41, 5.74) is 10.6. The maximum Gasteiger partial charge on any atom is 0.317 e. The van der Waals surface area contributed by atoms with Crippen molar-refractivity contribution in [1.82, 2.24) is 0 Å². The highest BCUT2D eigenvalue weighted by atomic mass is 16.4. The van der Waals surface area contributed by atoms with Gasteiger partial charge in [0.15, 0.2) is 0 Å². The van der Waals surface area contributed by atoms with Gasteiger partial charge in [-0.3, -0.25) is 9.59 Å². The molecule has 0 aliphatic heterocycles.